The third-order valence-corrected chi connectivity index (χ3v) is 3.56. The molecule has 0 radical (unpaired) electrons. The number of rotatable bonds is 7. The van der Waals surface area contributed by atoms with Gasteiger partial charge in [-0.25, -0.2) is 4.79 Å². The van der Waals surface area contributed by atoms with Crippen molar-refractivity contribution in [3.05, 3.63) is 71.3 Å². The Kier molecular flexibility index (Phi) is 5.52. The number of carboxylic acids is 1. The molecule has 0 aliphatic carbocycles. The number of aromatic carboxylic acids is 1. The van der Waals surface area contributed by atoms with Crippen LogP contribution in [-0.2, 0) is 13.0 Å². The fourth-order valence-corrected chi connectivity index (χ4v) is 2.19. The van der Waals surface area contributed by atoms with Gasteiger partial charge < -0.3 is 10.4 Å². The fraction of sp³-hybridized carbons (Fsp3) is 0.278. The lowest BCUT2D eigenvalue weighted by molar-refractivity contribution is 0.0697. The van der Waals surface area contributed by atoms with E-state index in [9.17, 15) is 4.79 Å². The Morgan fingerprint density at radius 3 is 2.33 bits per heavy atom. The SMILES string of the molecule is C[C@@H](CCc1ccccc1)NCc1ccc(C(=O)O)cc1. The minimum absolute atomic E-state index is 0.330. The van der Waals surface area contributed by atoms with Crippen LogP contribution in [-0.4, -0.2) is 17.1 Å². The van der Waals surface area contributed by atoms with Crippen molar-refractivity contribution in [2.75, 3.05) is 0 Å². The molecule has 0 spiro atoms. The molecule has 2 aromatic carbocycles. The van der Waals surface area contributed by atoms with Gasteiger partial charge in [0.2, 0.25) is 0 Å². The first-order valence-corrected chi connectivity index (χ1v) is 7.24. The summed E-state index contributed by atoms with van der Waals surface area (Å²) in [6.07, 6.45) is 2.14. The number of nitrogens with one attached hydrogen (secondary N) is 1. The Balaban J connectivity index is 1.75. The van der Waals surface area contributed by atoms with E-state index >= 15 is 0 Å². The molecule has 21 heavy (non-hydrogen) atoms. The van der Waals surface area contributed by atoms with Gasteiger partial charge in [-0.15, -0.1) is 0 Å². The van der Waals surface area contributed by atoms with E-state index in [0.29, 0.717) is 11.6 Å². The molecule has 3 nitrogen and oxygen atoms in total. The van der Waals surface area contributed by atoms with Crippen molar-refractivity contribution in [1.82, 2.24) is 5.32 Å². The molecule has 0 aliphatic rings. The van der Waals surface area contributed by atoms with E-state index in [1.165, 1.54) is 5.56 Å². The topological polar surface area (TPSA) is 49.3 Å². The van der Waals surface area contributed by atoms with E-state index in [2.05, 4.69) is 36.5 Å². The molecule has 2 aromatic rings. The molecular formula is C18H21NO2. The second kappa shape index (κ2) is 7.60. The molecule has 0 bridgehead atoms. The molecule has 3 heteroatoms. The molecule has 1 atom stereocenters. The van der Waals surface area contributed by atoms with Gasteiger partial charge in [0.25, 0.3) is 0 Å². The van der Waals surface area contributed by atoms with E-state index in [1.807, 2.05) is 18.2 Å². The molecule has 110 valence electrons. The normalized spacial score (nSPS) is 12.0. The monoisotopic (exact) mass is 283 g/mol. The summed E-state index contributed by atoms with van der Waals surface area (Å²) in [6, 6.07) is 17.9. The first-order chi connectivity index (χ1) is 10.1. The lowest BCUT2D eigenvalue weighted by atomic mass is 10.1. The number of carboxylic acid groups (broad SMARTS) is 1. The van der Waals surface area contributed by atoms with Crippen molar-refractivity contribution in [2.24, 2.45) is 0 Å². The Hall–Kier alpha value is -2.13. The number of benzene rings is 2. The summed E-state index contributed by atoms with van der Waals surface area (Å²) < 4.78 is 0. The van der Waals surface area contributed by atoms with Crippen LogP contribution in [0.3, 0.4) is 0 Å². The highest BCUT2D eigenvalue weighted by Gasteiger charge is 2.04. The van der Waals surface area contributed by atoms with Crippen LogP contribution in [0.1, 0.15) is 34.8 Å². The van der Waals surface area contributed by atoms with Crippen molar-refractivity contribution >= 4 is 5.97 Å². The lowest BCUT2D eigenvalue weighted by Gasteiger charge is -2.14. The van der Waals surface area contributed by atoms with Gasteiger partial charge in [-0.3, -0.25) is 0 Å². The van der Waals surface area contributed by atoms with Gasteiger partial charge in [0.1, 0.15) is 0 Å². The van der Waals surface area contributed by atoms with E-state index in [1.54, 1.807) is 12.1 Å². The molecule has 0 fully saturated rings. The molecule has 0 unspecified atom stereocenters. The second-order valence-corrected chi connectivity index (χ2v) is 5.31. The predicted octanol–water partition coefficient (Wildman–Crippen LogP) is 3.50. The maximum absolute atomic E-state index is 10.8. The van der Waals surface area contributed by atoms with Crippen LogP contribution in [0.25, 0.3) is 0 Å². The van der Waals surface area contributed by atoms with Gasteiger partial charge in [0, 0.05) is 12.6 Å². The van der Waals surface area contributed by atoms with Crippen LogP contribution >= 0.6 is 0 Å². The highest BCUT2D eigenvalue weighted by Crippen LogP contribution is 2.07. The summed E-state index contributed by atoms with van der Waals surface area (Å²) in [4.78, 5) is 10.8. The summed E-state index contributed by atoms with van der Waals surface area (Å²) in [5, 5.41) is 12.3. The minimum atomic E-state index is -0.884. The van der Waals surface area contributed by atoms with Gasteiger partial charge in [0.15, 0.2) is 0 Å². The summed E-state index contributed by atoms with van der Waals surface area (Å²) in [6.45, 7) is 2.93. The molecule has 0 saturated heterocycles. The van der Waals surface area contributed by atoms with Crippen LogP contribution < -0.4 is 5.32 Å². The first kappa shape index (κ1) is 15.3. The van der Waals surface area contributed by atoms with Crippen LogP contribution in [0.4, 0.5) is 0 Å². The maximum atomic E-state index is 10.8. The summed E-state index contributed by atoms with van der Waals surface area (Å²) >= 11 is 0. The lowest BCUT2D eigenvalue weighted by Crippen LogP contribution is -2.25. The smallest absolute Gasteiger partial charge is 0.335 e. The van der Waals surface area contributed by atoms with Gasteiger partial charge in [-0.05, 0) is 43.0 Å². The number of aryl methyl sites for hydroxylation is 1. The average Bonchev–Trinajstić information content (AvgIpc) is 2.52. The van der Waals surface area contributed by atoms with E-state index in [-0.39, 0.29) is 0 Å². The fourth-order valence-electron chi connectivity index (χ4n) is 2.19. The van der Waals surface area contributed by atoms with Crippen molar-refractivity contribution < 1.29 is 9.90 Å². The molecule has 0 heterocycles. The first-order valence-electron chi connectivity index (χ1n) is 7.24. The summed E-state index contributed by atoms with van der Waals surface area (Å²) in [5.74, 6) is -0.884. The van der Waals surface area contributed by atoms with Gasteiger partial charge in [0.05, 0.1) is 5.56 Å². The standard InChI is InChI=1S/C18H21NO2/c1-14(7-8-15-5-3-2-4-6-15)19-13-16-9-11-17(12-10-16)18(20)21/h2-6,9-12,14,19H,7-8,13H2,1H3,(H,20,21)/t14-/m0/s1. The predicted molar refractivity (Wildman–Crippen MR) is 84.5 cm³/mol. The Labute approximate surface area is 125 Å². The Bertz CT molecular complexity index is 564. The second-order valence-electron chi connectivity index (χ2n) is 5.31. The zero-order valence-electron chi connectivity index (χ0n) is 12.3. The molecule has 0 amide bonds. The van der Waals surface area contributed by atoms with Gasteiger partial charge in [-0.1, -0.05) is 42.5 Å². The zero-order valence-corrected chi connectivity index (χ0v) is 12.3. The summed E-state index contributed by atoms with van der Waals surface area (Å²) in [7, 11) is 0. The van der Waals surface area contributed by atoms with Crippen LogP contribution in [0.2, 0.25) is 0 Å². The molecule has 0 aliphatic heterocycles. The molecule has 2 rings (SSSR count). The third kappa shape index (κ3) is 5.04. The van der Waals surface area contributed by atoms with Crippen molar-refractivity contribution in [3.8, 4) is 0 Å². The van der Waals surface area contributed by atoms with Crippen LogP contribution in [0.5, 0.6) is 0 Å². The van der Waals surface area contributed by atoms with E-state index in [4.69, 9.17) is 5.11 Å². The van der Waals surface area contributed by atoms with E-state index in [0.717, 1.165) is 24.9 Å². The largest absolute Gasteiger partial charge is 0.478 e. The zero-order chi connectivity index (χ0) is 15.1. The maximum Gasteiger partial charge on any atom is 0.335 e. The quantitative estimate of drug-likeness (QED) is 0.817. The van der Waals surface area contributed by atoms with Crippen LogP contribution in [0, 0.1) is 0 Å². The number of hydrogen-bond donors (Lipinski definition) is 2. The van der Waals surface area contributed by atoms with Crippen molar-refractivity contribution in [3.63, 3.8) is 0 Å². The van der Waals surface area contributed by atoms with Crippen molar-refractivity contribution in [2.45, 2.75) is 32.4 Å². The van der Waals surface area contributed by atoms with Gasteiger partial charge >= 0.3 is 5.97 Å². The molecule has 2 N–H and O–H groups in total. The average molecular weight is 283 g/mol. The van der Waals surface area contributed by atoms with Crippen molar-refractivity contribution in [1.29, 1.82) is 0 Å². The molecule has 0 saturated carbocycles. The molecular weight excluding hydrogens is 262 g/mol. The van der Waals surface area contributed by atoms with Gasteiger partial charge in [-0.2, -0.15) is 0 Å². The van der Waals surface area contributed by atoms with E-state index < -0.39 is 5.97 Å². The Morgan fingerprint density at radius 2 is 1.71 bits per heavy atom. The highest BCUT2D eigenvalue weighted by atomic mass is 16.4. The number of carbonyl (C=O) groups is 1. The number of hydrogen-bond acceptors (Lipinski definition) is 2. The highest BCUT2D eigenvalue weighted by molar-refractivity contribution is 5.87. The van der Waals surface area contributed by atoms with Crippen LogP contribution in [0.15, 0.2) is 54.6 Å². The molecule has 0 aromatic heterocycles. The Morgan fingerprint density at radius 1 is 1.05 bits per heavy atom. The summed E-state index contributed by atoms with van der Waals surface area (Å²) in [5.41, 5.74) is 2.79. The minimum Gasteiger partial charge on any atom is -0.478 e. The third-order valence-electron chi connectivity index (χ3n) is 3.56.